The van der Waals surface area contributed by atoms with Crippen LogP contribution in [0.5, 0.6) is 5.75 Å². The van der Waals surface area contributed by atoms with E-state index in [1.807, 2.05) is 0 Å². The van der Waals surface area contributed by atoms with Crippen molar-refractivity contribution in [1.29, 1.82) is 0 Å². The van der Waals surface area contributed by atoms with Crippen LogP contribution in [-0.4, -0.2) is 25.4 Å². The second-order valence-electron chi connectivity index (χ2n) is 2.75. The van der Waals surface area contributed by atoms with Gasteiger partial charge in [0.15, 0.2) is 0 Å². The largest absolute Gasteiger partial charge is 0.491 e. The standard InChI is InChI=1S/C10H13ClO3/c1-13-4-5-14-9-2-3-10(11)8(6-9)7-12/h2-3,6,12H,4-5,7H2,1H3. The van der Waals surface area contributed by atoms with Gasteiger partial charge in [0.05, 0.1) is 13.2 Å². The second-order valence-corrected chi connectivity index (χ2v) is 3.16. The molecule has 0 bridgehead atoms. The summed E-state index contributed by atoms with van der Waals surface area (Å²) in [6, 6.07) is 5.18. The molecule has 1 N–H and O–H groups in total. The molecule has 0 aliphatic rings. The zero-order valence-electron chi connectivity index (χ0n) is 8.00. The van der Waals surface area contributed by atoms with Crippen molar-refractivity contribution < 1.29 is 14.6 Å². The van der Waals surface area contributed by atoms with Gasteiger partial charge in [-0.2, -0.15) is 0 Å². The number of hydrogen-bond acceptors (Lipinski definition) is 3. The summed E-state index contributed by atoms with van der Waals surface area (Å²) in [7, 11) is 1.62. The van der Waals surface area contributed by atoms with Crippen LogP contribution in [0.2, 0.25) is 5.02 Å². The van der Waals surface area contributed by atoms with E-state index in [1.165, 1.54) is 0 Å². The summed E-state index contributed by atoms with van der Waals surface area (Å²) in [5.41, 5.74) is 0.668. The molecule has 0 saturated heterocycles. The quantitative estimate of drug-likeness (QED) is 0.764. The van der Waals surface area contributed by atoms with Crippen molar-refractivity contribution in [1.82, 2.24) is 0 Å². The summed E-state index contributed by atoms with van der Waals surface area (Å²) < 4.78 is 10.2. The number of benzene rings is 1. The van der Waals surface area contributed by atoms with Gasteiger partial charge >= 0.3 is 0 Å². The maximum Gasteiger partial charge on any atom is 0.119 e. The lowest BCUT2D eigenvalue weighted by Crippen LogP contribution is -2.04. The van der Waals surface area contributed by atoms with Gasteiger partial charge in [-0.25, -0.2) is 0 Å². The molecule has 0 atom stereocenters. The SMILES string of the molecule is COCCOc1ccc(Cl)c(CO)c1. The Labute approximate surface area is 88.2 Å². The van der Waals surface area contributed by atoms with E-state index in [0.29, 0.717) is 29.5 Å². The van der Waals surface area contributed by atoms with Crippen LogP contribution in [0.3, 0.4) is 0 Å². The molecule has 4 heteroatoms. The molecule has 0 aliphatic heterocycles. The van der Waals surface area contributed by atoms with Crippen molar-refractivity contribution in [2.45, 2.75) is 6.61 Å². The number of aliphatic hydroxyl groups is 1. The Balaban J connectivity index is 2.60. The van der Waals surface area contributed by atoms with E-state index in [0.717, 1.165) is 0 Å². The highest BCUT2D eigenvalue weighted by Gasteiger charge is 2.01. The van der Waals surface area contributed by atoms with Crippen LogP contribution in [0.15, 0.2) is 18.2 Å². The zero-order chi connectivity index (χ0) is 10.4. The molecule has 0 heterocycles. The van der Waals surface area contributed by atoms with Crippen molar-refractivity contribution in [3.63, 3.8) is 0 Å². The summed E-state index contributed by atoms with van der Waals surface area (Å²) >= 11 is 5.82. The molecule has 0 amide bonds. The van der Waals surface area contributed by atoms with Gasteiger partial charge in [-0.05, 0) is 23.8 Å². The fraction of sp³-hybridized carbons (Fsp3) is 0.400. The Kier molecular flexibility index (Phi) is 4.73. The van der Waals surface area contributed by atoms with E-state index < -0.39 is 0 Å². The van der Waals surface area contributed by atoms with Crippen molar-refractivity contribution >= 4 is 11.6 Å². The fourth-order valence-electron chi connectivity index (χ4n) is 1.00. The minimum absolute atomic E-state index is 0.0830. The Morgan fingerprint density at radius 2 is 2.14 bits per heavy atom. The van der Waals surface area contributed by atoms with Gasteiger partial charge in [-0.15, -0.1) is 0 Å². The third kappa shape index (κ3) is 3.18. The molecule has 0 radical (unpaired) electrons. The Morgan fingerprint density at radius 1 is 1.36 bits per heavy atom. The number of aliphatic hydroxyl groups excluding tert-OH is 1. The molecule has 0 fully saturated rings. The van der Waals surface area contributed by atoms with E-state index in [2.05, 4.69) is 0 Å². The third-order valence-electron chi connectivity index (χ3n) is 1.74. The summed E-state index contributed by atoms with van der Waals surface area (Å²) in [5, 5.41) is 9.50. The molecule has 0 unspecified atom stereocenters. The lowest BCUT2D eigenvalue weighted by Gasteiger charge is -2.07. The zero-order valence-corrected chi connectivity index (χ0v) is 8.75. The molecule has 1 aromatic rings. The summed E-state index contributed by atoms with van der Waals surface area (Å²) in [6.45, 7) is 0.945. The van der Waals surface area contributed by atoms with Crippen LogP contribution in [-0.2, 0) is 11.3 Å². The van der Waals surface area contributed by atoms with E-state index in [1.54, 1.807) is 25.3 Å². The molecular formula is C10H13ClO3. The van der Waals surface area contributed by atoms with Crippen molar-refractivity contribution in [2.75, 3.05) is 20.3 Å². The Bertz CT molecular complexity index is 289. The van der Waals surface area contributed by atoms with E-state index in [9.17, 15) is 0 Å². The predicted octanol–water partition coefficient (Wildman–Crippen LogP) is 1.86. The summed E-state index contributed by atoms with van der Waals surface area (Å²) in [4.78, 5) is 0. The first kappa shape index (κ1) is 11.3. The van der Waals surface area contributed by atoms with E-state index in [4.69, 9.17) is 26.2 Å². The number of ether oxygens (including phenoxy) is 2. The Morgan fingerprint density at radius 3 is 2.79 bits per heavy atom. The molecule has 3 nitrogen and oxygen atoms in total. The van der Waals surface area contributed by atoms with Gasteiger partial charge in [-0.3, -0.25) is 0 Å². The minimum atomic E-state index is -0.0830. The van der Waals surface area contributed by atoms with Crippen LogP contribution in [0.1, 0.15) is 5.56 Å². The molecule has 14 heavy (non-hydrogen) atoms. The molecule has 0 aliphatic carbocycles. The monoisotopic (exact) mass is 216 g/mol. The normalized spacial score (nSPS) is 10.2. The highest BCUT2D eigenvalue weighted by molar-refractivity contribution is 6.31. The summed E-state index contributed by atoms with van der Waals surface area (Å²) in [6.07, 6.45) is 0. The van der Waals surface area contributed by atoms with Gasteiger partial charge in [0, 0.05) is 12.1 Å². The average molecular weight is 217 g/mol. The molecule has 78 valence electrons. The number of hydrogen-bond donors (Lipinski definition) is 1. The van der Waals surface area contributed by atoms with Crippen molar-refractivity contribution in [2.24, 2.45) is 0 Å². The van der Waals surface area contributed by atoms with Gasteiger partial charge < -0.3 is 14.6 Å². The van der Waals surface area contributed by atoms with Crippen LogP contribution in [0, 0.1) is 0 Å². The molecule has 1 aromatic carbocycles. The van der Waals surface area contributed by atoms with Crippen LogP contribution >= 0.6 is 11.6 Å². The van der Waals surface area contributed by atoms with Crippen LogP contribution in [0.25, 0.3) is 0 Å². The van der Waals surface area contributed by atoms with E-state index >= 15 is 0 Å². The van der Waals surface area contributed by atoms with Gasteiger partial charge in [0.2, 0.25) is 0 Å². The smallest absolute Gasteiger partial charge is 0.119 e. The Hall–Kier alpha value is -0.770. The minimum Gasteiger partial charge on any atom is -0.491 e. The predicted molar refractivity (Wildman–Crippen MR) is 54.7 cm³/mol. The second kappa shape index (κ2) is 5.86. The molecular weight excluding hydrogens is 204 g/mol. The first-order chi connectivity index (χ1) is 6.77. The third-order valence-corrected chi connectivity index (χ3v) is 2.11. The first-order valence-electron chi connectivity index (χ1n) is 4.29. The number of methoxy groups -OCH3 is 1. The van der Waals surface area contributed by atoms with Crippen LogP contribution in [0.4, 0.5) is 0 Å². The highest BCUT2D eigenvalue weighted by atomic mass is 35.5. The fourth-order valence-corrected chi connectivity index (χ4v) is 1.18. The van der Waals surface area contributed by atoms with Gasteiger partial charge in [0.1, 0.15) is 12.4 Å². The topological polar surface area (TPSA) is 38.7 Å². The van der Waals surface area contributed by atoms with Crippen molar-refractivity contribution in [3.05, 3.63) is 28.8 Å². The lowest BCUT2D eigenvalue weighted by molar-refractivity contribution is 0.146. The molecule has 0 spiro atoms. The van der Waals surface area contributed by atoms with Crippen LogP contribution < -0.4 is 4.74 Å². The molecule has 1 rings (SSSR count). The molecule has 0 saturated carbocycles. The maximum atomic E-state index is 8.95. The highest BCUT2D eigenvalue weighted by Crippen LogP contribution is 2.21. The van der Waals surface area contributed by atoms with Gasteiger partial charge in [-0.1, -0.05) is 11.6 Å². The number of rotatable bonds is 5. The number of halogens is 1. The van der Waals surface area contributed by atoms with E-state index in [-0.39, 0.29) is 6.61 Å². The lowest BCUT2D eigenvalue weighted by atomic mass is 10.2. The average Bonchev–Trinajstić information content (AvgIpc) is 2.21. The first-order valence-corrected chi connectivity index (χ1v) is 4.66. The molecule has 0 aromatic heterocycles. The summed E-state index contributed by atoms with van der Waals surface area (Å²) in [5.74, 6) is 0.690. The van der Waals surface area contributed by atoms with Gasteiger partial charge in [0.25, 0.3) is 0 Å². The van der Waals surface area contributed by atoms with Crippen molar-refractivity contribution in [3.8, 4) is 5.75 Å². The maximum absolute atomic E-state index is 8.95.